The maximum atomic E-state index is 11.5. The molecule has 2 aliphatic rings. The molecule has 0 atom stereocenters. The molecule has 0 spiro atoms. The van der Waals surface area contributed by atoms with Gasteiger partial charge >= 0.3 is 0 Å². The van der Waals surface area contributed by atoms with Gasteiger partial charge in [0.05, 0.1) is 6.67 Å². The van der Waals surface area contributed by atoms with Crippen LogP contribution in [0.25, 0.3) is 0 Å². The standard InChI is InChI=1S/C16H31N3O/c1-3-16(20)13-15-5-7-18(8-6-15)14-19-11-9-17(4-2)10-12-19/h15H,3-14H2,1-2H3. The van der Waals surface area contributed by atoms with Gasteiger partial charge < -0.3 is 4.90 Å². The van der Waals surface area contributed by atoms with E-state index in [0.29, 0.717) is 18.1 Å². The second-order valence-corrected chi connectivity index (χ2v) is 6.35. The molecule has 0 saturated carbocycles. The van der Waals surface area contributed by atoms with Crippen molar-refractivity contribution in [1.82, 2.24) is 14.7 Å². The molecule has 0 bridgehead atoms. The molecule has 2 rings (SSSR count). The second-order valence-electron chi connectivity index (χ2n) is 6.35. The van der Waals surface area contributed by atoms with Crippen LogP contribution in [0.3, 0.4) is 0 Å². The number of hydrogen-bond acceptors (Lipinski definition) is 4. The number of Topliss-reactive ketones (excluding diaryl/α,β-unsaturated/α-hetero) is 1. The molecule has 0 aromatic rings. The third-order valence-corrected chi connectivity index (χ3v) is 4.93. The van der Waals surface area contributed by atoms with Gasteiger partial charge in [0.1, 0.15) is 5.78 Å². The summed E-state index contributed by atoms with van der Waals surface area (Å²) < 4.78 is 0. The molecular formula is C16H31N3O. The molecule has 0 radical (unpaired) electrons. The largest absolute Gasteiger partial charge is 0.301 e. The number of rotatable bonds is 6. The number of likely N-dealkylation sites (N-methyl/N-ethyl adjacent to an activating group) is 1. The normalized spacial score (nSPS) is 24.1. The first-order valence-corrected chi connectivity index (χ1v) is 8.40. The van der Waals surface area contributed by atoms with E-state index in [1.54, 1.807) is 0 Å². The minimum absolute atomic E-state index is 0.444. The maximum absolute atomic E-state index is 11.5. The first-order valence-electron chi connectivity index (χ1n) is 8.40. The molecule has 2 fully saturated rings. The number of hydrogen-bond donors (Lipinski definition) is 0. The Hall–Kier alpha value is -0.450. The Balaban J connectivity index is 1.63. The van der Waals surface area contributed by atoms with Crippen molar-refractivity contribution in [3.63, 3.8) is 0 Å². The minimum Gasteiger partial charge on any atom is -0.301 e. The Morgan fingerprint density at radius 1 is 0.900 bits per heavy atom. The molecular weight excluding hydrogens is 250 g/mol. The molecule has 2 aliphatic heterocycles. The summed E-state index contributed by atoms with van der Waals surface area (Å²) in [7, 11) is 0. The smallest absolute Gasteiger partial charge is 0.132 e. The molecule has 0 aromatic heterocycles. The highest BCUT2D eigenvalue weighted by Crippen LogP contribution is 2.21. The van der Waals surface area contributed by atoms with Crippen LogP contribution in [-0.4, -0.2) is 73.0 Å². The molecule has 4 nitrogen and oxygen atoms in total. The molecule has 20 heavy (non-hydrogen) atoms. The zero-order valence-electron chi connectivity index (χ0n) is 13.3. The van der Waals surface area contributed by atoms with Gasteiger partial charge in [0.2, 0.25) is 0 Å². The number of carbonyl (C=O) groups excluding carboxylic acids is 1. The number of nitrogens with zero attached hydrogens (tertiary/aromatic N) is 3. The number of likely N-dealkylation sites (tertiary alicyclic amines) is 1. The van der Waals surface area contributed by atoms with Gasteiger partial charge in [-0.05, 0) is 38.4 Å². The third-order valence-electron chi connectivity index (χ3n) is 4.93. The summed E-state index contributed by atoms with van der Waals surface area (Å²) in [6.45, 7) is 13.8. The molecule has 4 heteroatoms. The molecule has 2 heterocycles. The number of piperazine rings is 1. The van der Waals surface area contributed by atoms with Crippen molar-refractivity contribution in [3.05, 3.63) is 0 Å². The first-order chi connectivity index (χ1) is 9.71. The van der Waals surface area contributed by atoms with Gasteiger partial charge in [0.15, 0.2) is 0 Å². The van der Waals surface area contributed by atoms with Crippen LogP contribution < -0.4 is 0 Å². The van der Waals surface area contributed by atoms with E-state index in [9.17, 15) is 4.79 Å². The van der Waals surface area contributed by atoms with E-state index >= 15 is 0 Å². The molecule has 0 unspecified atom stereocenters. The zero-order chi connectivity index (χ0) is 14.4. The zero-order valence-corrected chi connectivity index (χ0v) is 13.3. The van der Waals surface area contributed by atoms with Crippen LogP contribution in [0.2, 0.25) is 0 Å². The average molecular weight is 281 g/mol. The summed E-state index contributed by atoms with van der Waals surface area (Å²) in [5.41, 5.74) is 0. The number of carbonyl (C=O) groups is 1. The van der Waals surface area contributed by atoms with Gasteiger partial charge in [0.25, 0.3) is 0 Å². The van der Waals surface area contributed by atoms with Crippen molar-refractivity contribution in [3.8, 4) is 0 Å². The fourth-order valence-electron chi connectivity index (χ4n) is 3.33. The van der Waals surface area contributed by atoms with Gasteiger partial charge in [-0.1, -0.05) is 13.8 Å². The van der Waals surface area contributed by atoms with Crippen molar-refractivity contribution >= 4 is 5.78 Å². The fraction of sp³-hybridized carbons (Fsp3) is 0.938. The Morgan fingerprint density at radius 3 is 2.00 bits per heavy atom. The molecule has 0 aromatic carbocycles. The molecule has 116 valence electrons. The summed E-state index contributed by atoms with van der Waals surface area (Å²) >= 11 is 0. The van der Waals surface area contributed by atoms with Gasteiger partial charge in [-0.3, -0.25) is 14.6 Å². The van der Waals surface area contributed by atoms with Gasteiger partial charge in [-0.2, -0.15) is 0 Å². The molecule has 2 saturated heterocycles. The Morgan fingerprint density at radius 2 is 1.45 bits per heavy atom. The predicted molar refractivity (Wildman–Crippen MR) is 82.8 cm³/mol. The maximum Gasteiger partial charge on any atom is 0.132 e. The lowest BCUT2D eigenvalue weighted by Gasteiger charge is -2.39. The average Bonchev–Trinajstić information content (AvgIpc) is 2.50. The van der Waals surface area contributed by atoms with Crippen LogP contribution in [-0.2, 0) is 4.79 Å². The highest BCUT2D eigenvalue weighted by atomic mass is 16.1. The van der Waals surface area contributed by atoms with Gasteiger partial charge in [-0.15, -0.1) is 0 Å². The highest BCUT2D eigenvalue weighted by Gasteiger charge is 2.23. The molecule has 0 amide bonds. The van der Waals surface area contributed by atoms with Crippen LogP contribution in [0, 0.1) is 5.92 Å². The monoisotopic (exact) mass is 281 g/mol. The van der Waals surface area contributed by atoms with Crippen LogP contribution in [0.15, 0.2) is 0 Å². The topological polar surface area (TPSA) is 26.8 Å². The van der Waals surface area contributed by atoms with E-state index in [1.807, 2.05) is 6.92 Å². The van der Waals surface area contributed by atoms with Gasteiger partial charge in [-0.25, -0.2) is 0 Å². The lowest BCUT2D eigenvalue weighted by molar-refractivity contribution is -0.120. The highest BCUT2D eigenvalue weighted by molar-refractivity contribution is 5.78. The predicted octanol–water partition coefficient (Wildman–Crippen LogP) is 1.66. The summed E-state index contributed by atoms with van der Waals surface area (Å²) in [4.78, 5) is 19.2. The van der Waals surface area contributed by atoms with E-state index in [1.165, 1.54) is 58.7 Å². The second kappa shape index (κ2) is 8.11. The van der Waals surface area contributed by atoms with Crippen molar-refractivity contribution in [1.29, 1.82) is 0 Å². The van der Waals surface area contributed by atoms with Crippen molar-refractivity contribution in [2.75, 3.05) is 52.5 Å². The number of ketones is 1. The quantitative estimate of drug-likeness (QED) is 0.740. The number of piperidine rings is 1. The van der Waals surface area contributed by atoms with Crippen LogP contribution in [0.1, 0.15) is 39.5 Å². The SMILES string of the molecule is CCC(=O)CC1CCN(CN2CCN(CC)CC2)CC1. The van der Waals surface area contributed by atoms with E-state index < -0.39 is 0 Å². The lowest BCUT2D eigenvalue weighted by Crippen LogP contribution is -2.51. The van der Waals surface area contributed by atoms with E-state index in [2.05, 4.69) is 21.6 Å². The summed E-state index contributed by atoms with van der Waals surface area (Å²) in [6.07, 6.45) is 3.95. The Kier molecular flexibility index (Phi) is 6.46. The van der Waals surface area contributed by atoms with E-state index in [4.69, 9.17) is 0 Å². The van der Waals surface area contributed by atoms with Crippen LogP contribution in [0.4, 0.5) is 0 Å². The molecule has 0 N–H and O–H groups in total. The van der Waals surface area contributed by atoms with Crippen LogP contribution in [0.5, 0.6) is 0 Å². The van der Waals surface area contributed by atoms with Crippen molar-refractivity contribution in [2.45, 2.75) is 39.5 Å². The summed E-state index contributed by atoms with van der Waals surface area (Å²) in [6, 6.07) is 0. The van der Waals surface area contributed by atoms with Gasteiger partial charge in [0, 0.05) is 39.0 Å². The van der Waals surface area contributed by atoms with Crippen LogP contribution >= 0.6 is 0 Å². The van der Waals surface area contributed by atoms with Crippen molar-refractivity contribution < 1.29 is 4.79 Å². The fourth-order valence-corrected chi connectivity index (χ4v) is 3.33. The summed E-state index contributed by atoms with van der Waals surface area (Å²) in [5.74, 6) is 1.09. The Bertz CT molecular complexity index is 292. The van der Waals surface area contributed by atoms with Crippen molar-refractivity contribution in [2.24, 2.45) is 5.92 Å². The van der Waals surface area contributed by atoms with E-state index in [0.717, 1.165) is 13.1 Å². The first kappa shape index (κ1) is 15.9. The van der Waals surface area contributed by atoms with E-state index in [-0.39, 0.29) is 0 Å². The summed E-state index contributed by atoms with van der Waals surface area (Å²) in [5, 5.41) is 0. The third kappa shape index (κ3) is 4.83. The lowest BCUT2D eigenvalue weighted by atomic mass is 9.91. The minimum atomic E-state index is 0.444. The molecule has 0 aliphatic carbocycles. The Labute approximate surface area is 124 Å².